The van der Waals surface area contributed by atoms with E-state index in [1.165, 1.54) is 0 Å². The van der Waals surface area contributed by atoms with Gasteiger partial charge in [0, 0.05) is 37.1 Å². The van der Waals surface area contributed by atoms with Crippen LogP contribution in [0.25, 0.3) is 0 Å². The number of hydrogen-bond acceptors (Lipinski definition) is 3. The lowest BCUT2D eigenvalue weighted by Gasteiger charge is -2.49. The smallest absolute Gasteiger partial charge is 0.191 e. The highest BCUT2D eigenvalue weighted by Crippen LogP contribution is 2.44. The van der Waals surface area contributed by atoms with Crippen molar-refractivity contribution in [1.29, 1.82) is 0 Å². The lowest BCUT2D eigenvalue weighted by atomic mass is 9.65. The molecule has 2 rings (SSSR count). The standard InChI is InChI=1S/C12H23N3OS/c1-12(2)9(8-10(12)16-3)14-11(13)15-4-6-17-7-5-15/h9-10H,4-8H2,1-3H3,(H2,13,14). The van der Waals surface area contributed by atoms with Gasteiger partial charge < -0.3 is 15.4 Å². The van der Waals surface area contributed by atoms with Crippen molar-refractivity contribution in [3.8, 4) is 0 Å². The fraction of sp³-hybridized carbons (Fsp3) is 0.917. The Labute approximate surface area is 108 Å². The van der Waals surface area contributed by atoms with Gasteiger partial charge in [0.25, 0.3) is 0 Å². The van der Waals surface area contributed by atoms with Gasteiger partial charge in [-0.25, -0.2) is 4.99 Å². The van der Waals surface area contributed by atoms with Gasteiger partial charge in [-0.15, -0.1) is 0 Å². The number of thioether (sulfide) groups is 1. The van der Waals surface area contributed by atoms with E-state index in [0.717, 1.165) is 37.0 Å². The molecule has 1 saturated carbocycles. The fourth-order valence-electron chi connectivity index (χ4n) is 2.52. The average Bonchev–Trinajstić information content (AvgIpc) is 2.34. The van der Waals surface area contributed by atoms with Crippen LogP contribution in [0.2, 0.25) is 0 Å². The number of aliphatic imine (C=N–C) groups is 1. The molecule has 0 radical (unpaired) electrons. The zero-order valence-corrected chi connectivity index (χ0v) is 11.8. The van der Waals surface area contributed by atoms with E-state index in [1.807, 2.05) is 11.8 Å². The van der Waals surface area contributed by atoms with Crippen LogP contribution < -0.4 is 5.73 Å². The molecule has 2 unspecified atom stereocenters. The topological polar surface area (TPSA) is 50.9 Å². The largest absolute Gasteiger partial charge is 0.381 e. The molecule has 1 saturated heterocycles. The minimum Gasteiger partial charge on any atom is -0.381 e. The molecule has 0 bridgehead atoms. The quantitative estimate of drug-likeness (QED) is 0.596. The molecule has 1 heterocycles. The molecule has 98 valence electrons. The van der Waals surface area contributed by atoms with Gasteiger partial charge in [-0.3, -0.25) is 0 Å². The summed E-state index contributed by atoms with van der Waals surface area (Å²) in [4.78, 5) is 6.89. The Morgan fingerprint density at radius 2 is 2.06 bits per heavy atom. The molecule has 2 aliphatic rings. The molecule has 2 atom stereocenters. The Hall–Kier alpha value is -0.420. The summed E-state index contributed by atoms with van der Waals surface area (Å²) in [7, 11) is 1.78. The first-order valence-corrected chi connectivity index (χ1v) is 7.40. The summed E-state index contributed by atoms with van der Waals surface area (Å²) in [5.74, 6) is 3.04. The van der Waals surface area contributed by atoms with E-state index in [1.54, 1.807) is 7.11 Å². The monoisotopic (exact) mass is 257 g/mol. The summed E-state index contributed by atoms with van der Waals surface area (Å²) in [6.07, 6.45) is 1.31. The molecule has 4 nitrogen and oxygen atoms in total. The number of ether oxygens (including phenoxy) is 1. The van der Waals surface area contributed by atoms with Crippen molar-refractivity contribution in [3.63, 3.8) is 0 Å². The molecule has 0 amide bonds. The first-order chi connectivity index (χ1) is 8.05. The van der Waals surface area contributed by atoms with E-state index in [0.29, 0.717) is 12.1 Å². The van der Waals surface area contributed by atoms with Gasteiger partial charge in [0.1, 0.15) is 0 Å². The Bertz CT molecular complexity index is 300. The summed E-state index contributed by atoms with van der Waals surface area (Å²) in [6.45, 7) is 6.47. The van der Waals surface area contributed by atoms with Crippen molar-refractivity contribution in [1.82, 2.24) is 4.90 Å². The van der Waals surface area contributed by atoms with Crippen molar-refractivity contribution in [2.24, 2.45) is 16.1 Å². The minimum absolute atomic E-state index is 0.115. The SMILES string of the molecule is COC1CC(N=C(N)N2CCSCC2)C1(C)C. The van der Waals surface area contributed by atoms with Crippen LogP contribution in [0.15, 0.2) is 4.99 Å². The maximum absolute atomic E-state index is 6.09. The number of methoxy groups -OCH3 is 1. The van der Waals surface area contributed by atoms with Crippen LogP contribution in [0.4, 0.5) is 0 Å². The third-order valence-corrected chi connectivity index (χ3v) is 4.98. The van der Waals surface area contributed by atoms with Crippen molar-refractivity contribution in [2.75, 3.05) is 31.7 Å². The lowest BCUT2D eigenvalue weighted by Crippen LogP contribution is -2.55. The van der Waals surface area contributed by atoms with Crippen LogP contribution >= 0.6 is 11.8 Å². The normalized spacial score (nSPS) is 33.4. The maximum Gasteiger partial charge on any atom is 0.191 e. The van der Waals surface area contributed by atoms with Crippen molar-refractivity contribution < 1.29 is 4.74 Å². The molecule has 1 aliphatic heterocycles. The summed E-state index contributed by atoms with van der Waals surface area (Å²) in [6, 6.07) is 0.307. The number of nitrogens with two attached hydrogens (primary N) is 1. The lowest BCUT2D eigenvalue weighted by molar-refractivity contribution is -0.0853. The van der Waals surface area contributed by atoms with E-state index in [4.69, 9.17) is 10.5 Å². The van der Waals surface area contributed by atoms with Gasteiger partial charge in [-0.1, -0.05) is 13.8 Å². The predicted octanol–water partition coefficient (Wildman–Crippen LogP) is 1.16. The first kappa shape index (κ1) is 13.0. The Morgan fingerprint density at radius 1 is 1.41 bits per heavy atom. The second kappa shape index (κ2) is 5.06. The molecule has 5 heteroatoms. The highest BCUT2D eigenvalue weighted by atomic mass is 32.2. The van der Waals surface area contributed by atoms with Gasteiger partial charge in [0.05, 0.1) is 12.1 Å². The summed E-state index contributed by atoms with van der Waals surface area (Å²) in [5, 5.41) is 0. The number of rotatable bonds is 2. The van der Waals surface area contributed by atoms with Crippen LogP contribution in [0.1, 0.15) is 20.3 Å². The van der Waals surface area contributed by atoms with Crippen molar-refractivity contribution in [2.45, 2.75) is 32.4 Å². The first-order valence-electron chi connectivity index (χ1n) is 6.24. The van der Waals surface area contributed by atoms with E-state index >= 15 is 0 Å². The van der Waals surface area contributed by atoms with E-state index < -0.39 is 0 Å². The highest BCUT2D eigenvalue weighted by Gasteiger charge is 2.48. The average molecular weight is 257 g/mol. The van der Waals surface area contributed by atoms with Crippen LogP contribution in [0.3, 0.4) is 0 Å². The number of hydrogen-bond donors (Lipinski definition) is 1. The zero-order chi connectivity index (χ0) is 12.5. The summed E-state index contributed by atoms with van der Waals surface area (Å²) >= 11 is 1.99. The van der Waals surface area contributed by atoms with Crippen LogP contribution in [0.5, 0.6) is 0 Å². The molecule has 0 aromatic heterocycles. The van der Waals surface area contributed by atoms with Gasteiger partial charge >= 0.3 is 0 Å². The molecule has 0 aromatic rings. The summed E-state index contributed by atoms with van der Waals surface area (Å²) < 4.78 is 5.43. The van der Waals surface area contributed by atoms with Gasteiger partial charge in [-0.05, 0) is 6.42 Å². The Balaban J connectivity index is 1.95. The number of guanidine groups is 1. The third-order valence-electron chi connectivity index (χ3n) is 4.03. The van der Waals surface area contributed by atoms with Crippen molar-refractivity contribution in [3.05, 3.63) is 0 Å². The molecule has 0 aromatic carbocycles. The van der Waals surface area contributed by atoms with Gasteiger partial charge in [0.15, 0.2) is 5.96 Å². The maximum atomic E-state index is 6.09. The number of nitrogens with zero attached hydrogens (tertiary/aromatic N) is 2. The second-order valence-corrected chi connectivity index (χ2v) is 6.61. The molecule has 17 heavy (non-hydrogen) atoms. The Kier molecular flexibility index (Phi) is 3.88. The van der Waals surface area contributed by atoms with E-state index in [2.05, 4.69) is 23.7 Å². The molecule has 0 spiro atoms. The second-order valence-electron chi connectivity index (χ2n) is 5.38. The third kappa shape index (κ3) is 2.55. The minimum atomic E-state index is 0.115. The fourth-order valence-corrected chi connectivity index (χ4v) is 3.42. The molecular weight excluding hydrogens is 234 g/mol. The molecule has 2 N–H and O–H groups in total. The summed E-state index contributed by atoms with van der Waals surface area (Å²) in [5.41, 5.74) is 6.21. The molecule has 1 aliphatic carbocycles. The predicted molar refractivity (Wildman–Crippen MR) is 73.5 cm³/mol. The molecular formula is C12H23N3OS. The van der Waals surface area contributed by atoms with E-state index in [-0.39, 0.29) is 5.41 Å². The van der Waals surface area contributed by atoms with Gasteiger partial charge in [-0.2, -0.15) is 11.8 Å². The van der Waals surface area contributed by atoms with Gasteiger partial charge in [0.2, 0.25) is 0 Å². The van der Waals surface area contributed by atoms with E-state index in [9.17, 15) is 0 Å². The molecule has 2 fully saturated rings. The van der Waals surface area contributed by atoms with Crippen molar-refractivity contribution >= 4 is 17.7 Å². The highest BCUT2D eigenvalue weighted by molar-refractivity contribution is 7.99. The zero-order valence-electron chi connectivity index (χ0n) is 11.0. The Morgan fingerprint density at radius 3 is 2.59 bits per heavy atom. The van der Waals surface area contributed by atoms with Crippen LogP contribution in [0, 0.1) is 5.41 Å². The van der Waals surface area contributed by atoms with Crippen LogP contribution in [-0.2, 0) is 4.74 Å². The van der Waals surface area contributed by atoms with Crippen LogP contribution in [-0.4, -0.2) is 54.7 Å².